The largest absolute Gasteiger partial charge is 0.357 e. The Hall–Kier alpha value is -2.80. The molecule has 0 radical (unpaired) electrons. The standard InChI is InChI=1S/C18H19FN4O2/c19-15-3-5-16(6-4-15)21-18(22-11-9-20-10-12-22)13-14-1-7-17(8-2-14)23(24)25/h1-8,20H,9-13H2. The van der Waals surface area contributed by atoms with Crippen molar-refractivity contribution in [1.29, 1.82) is 0 Å². The van der Waals surface area contributed by atoms with Crippen molar-refractivity contribution >= 4 is 17.2 Å². The van der Waals surface area contributed by atoms with Gasteiger partial charge in [0.1, 0.15) is 11.7 Å². The average Bonchev–Trinajstić information content (AvgIpc) is 2.64. The highest BCUT2D eigenvalue weighted by molar-refractivity contribution is 5.87. The van der Waals surface area contributed by atoms with E-state index in [0.29, 0.717) is 12.1 Å². The van der Waals surface area contributed by atoms with Crippen LogP contribution in [0.25, 0.3) is 0 Å². The fourth-order valence-electron chi connectivity index (χ4n) is 2.73. The lowest BCUT2D eigenvalue weighted by atomic mass is 10.1. The third-order valence-corrected chi connectivity index (χ3v) is 4.08. The number of piperazine rings is 1. The van der Waals surface area contributed by atoms with Crippen LogP contribution in [0.1, 0.15) is 5.56 Å². The van der Waals surface area contributed by atoms with E-state index in [9.17, 15) is 14.5 Å². The van der Waals surface area contributed by atoms with E-state index in [0.717, 1.165) is 37.6 Å². The molecule has 2 aromatic carbocycles. The minimum absolute atomic E-state index is 0.0722. The molecule has 3 rings (SSSR count). The van der Waals surface area contributed by atoms with Gasteiger partial charge in [-0.3, -0.25) is 10.1 Å². The monoisotopic (exact) mass is 342 g/mol. The Morgan fingerprint density at radius 3 is 2.36 bits per heavy atom. The van der Waals surface area contributed by atoms with Crippen LogP contribution in [0, 0.1) is 15.9 Å². The fourth-order valence-corrected chi connectivity index (χ4v) is 2.73. The lowest BCUT2D eigenvalue weighted by Crippen LogP contribution is -2.47. The summed E-state index contributed by atoms with van der Waals surface area (Å²) in [4.78, 5) is 17.3. The number of amidine groups is 1. The number of nitrogens with zero attached hydrogens (tertiary/aromatic N) is 3. The summed E-state index contributed by atoms with van der Waals surface area (Å²) in [6, 6.07) is 12.6. The summed E-state index contributed by atoms with van der Waals surface area (Å²) in [6.07, 6.45) is 0.565. The molecule has 1 saturated heterocycles. The maximum atomic E-state index is 13.1. The summed E-state index contributed by atoms with van der Waals surface area (Å²) in [5.74, 6) is 0.583. The van der Waals surface area contributed by atoms with Crippen molar-refractivity contribution in [3.63, 3.8) is 0 Å². The molecule has 0 spiro atoms. The number of non-ortho nitro benzene ring substituents is 1. The molecule has 0 saturated carbocycles. The normalized spacial score (nSPS) is 15.2. The van der Waals surface area contributed by atoms with E-state index in [4.69, 9.17) is 4.99 Å². The molecule has 1 heterocycles. The topological polar surface area (TPSA) is 70.8 Å². The van der Waals surface area contributed by atoms with E-state index in [1.165, 1.54) is 24.3 Å². The van der Waals surface area contributed by atoms with Gasteiger partial charge in [0, 0.05) is 44.7 Å². The van der Waals surface area contributed by atoms with E-state index in [1.54, 1.807) is 24.3 Å². The van der Waals surface area contributed by atoms with E-state index < -0.39 is 4.92 Å². The van der Waals surface area contributed by atoms with Gasteiger partial charge < -0.3 is 10.2 Å². The van der Waals surface area contributed by atoms with Crippen molar-refractivity contribution in [3.05, 3.63) is 70.0 Å². The third kappa shape index (κ3) is 4.60. The van der Waals surface area contributed by atoms with Crippen molar-refractivity contribution in [2.45, 2.75) is 6.42 Å². The molecule has 1 N–H and O–H groups in total. The SMILES string of the molecule is O=[N+]([O-])c1ccc(CC(=Nc2ccc(F)cc2)N2CCNCC2)cc1. The second-order valence-corrected chi connectivity index (χ2v) is 5.84. The molecule has 0 unspecified atom stereocenters. The van der Waals surface area contributed by atoms with Crippen molar-refractivity contribution < 1.29 is 9.31 Å². The molecular formula is C18H19FN4O2. The fraction of sp³-hybridized carbons (Fsp3) is 0.278. The van der Waals surface area contributed by atoms with Gasteiger partial charge >= 0.3 is 0 Å². The lowest BCUT2D eigenvalue weighted by Gasteiger charge is -2.30. The van der Waals surface area contributed by atoms with Gasteiger partial charge in [-0.25, -0.2) is 9.38 Å². The van der Waals surface area contributed by atoms with Gasteiger partial charge in [-0.2, -0.15) is 0 Å². The average molecular weight is 342 g/mol. The number of nitro benzene ring substituents is 1. The number of nitro groups is 1. The Balaban J connectivity index is 1.85. The Morgan fingerprint density at radius 2 is 1.76 bits per heavy atom. The Kier molecular flexibility index (Phi) is 5.35. The molecule has 1 aliphatic rings. The van der Waals surface area contributed by atoms with Crippen molar-refractivity contribution in [2.75, 3.05) is 26.2 Å². The molecule has 0 aliphatic carbocycles. The molecule has 0 bridgehead atoms. The minimum Gasteiger partial charge on any atom is -0.357 e. The zero-order valence-corrected chi connectivity index (χ0v) is 13.7. The Bertz CT molecular complexity index is 754. The molecule has 2 aromatic rings. The lowest BCUT2D eigenvalue weighted by molar-refractivity contribution is -0.384. The van der Waals surface area contributed by atoms with Gasteiger partial charge in [-0.15, -0.1) is 0 Å². The van der Waals surface area contributed by atoms with Crippen LogP contribution in [0.2, 0.25) is 0 Å². The highest BCUT2D eigenvalue weighted by Crippen LogP contribution is 2.17. The van der Waals surface area contributed by atoms with Gasteiger partial charge in [-0.05, 0) is 29.8 Å². The molecule has 0 aromatic heterocycles. The number of benzene rings is 2. The number of hydrogen-bond donors (Lipinski definition) is 1. The number of hydrogen-bond acceptors (Lipinski definition) is 4. The first kappa shape index (κ1) is 17.0. The Labute approximate surface area is 145 Å². The van der Waals surface area contributed by atoms with Crippen LogP contribution in [0.5, 0.6) is 0 Å². The molecular weight excluding hydrogens is 323 g/mol. The highest BCUT2D eigenvalue weighted by atomic mass is 19.1. The summed E-state index contributed by atoms with van der Waals surface area (Å²) < 4.78 is 13.1. The summed E-state index contributed by atoms with van der Waals surface area (Å²) in [5.41, 5.74) is 1.71. The van der Waals surface area contributed by atoms with Crippen molar-refractivity contribution in [1.82, 2.24) is 10.2 Å². The molecule has 1 aliphatic heterocycles. The molecule has 25 heavy (non-hydrogen) atoms. The highest BCUT2D eigenvalue weighted by Gasteiger charge is 2.16. The number of aliphatic imine (C=N–C) groups is 1. The molecule has 7 heteroatoms. The minimum atomic E-state index is -0.409. The van der Waals surface area contributed by atoms with Gasteiger partial charge in [0.25, 0.3) is 5.69 Å². The van der Waals surface area contributed by atoms with Crippen LogP contribution in [-0.4, -0.2) is 41.8 Å². The molecule has 6 nitrogen and oxygen atoms in total. The second kappa shape index (κ2) is 7.85. The van der Waals surface area contributed by atoms with Crippen molar-refractivity contribution in [3.8, 4) is 0 Å². The summed E-state index contributed by atoms with van der Waals surface area (Å²) >= 11 is 0. The Morgan fingerprint density at radius 1 is 1.12 bits per heavy atom. The van der Waals surface area contributed by atoms with Crippen LogP contribution < -0.4 is 5.32 Å². The van der Waals surface area contributed by atoms with Crippen LogP contribution in [-0.2, 0) is 6.42 Å². The molecule has 1 fully saturated rings. The van der Waals surface area contributed by atoms with Crippen LogP contribution in [0.15, 0.2) is 53.5 Å². The van der Waals surface area contributed by atoms with Gasteiger partial charge in [0.05, 0.1) is 10.6 Å². The van der Waals surface area contributed by atoms with E-state index in [1.807, 2.05) is 0 Å². The first-order valence-corrected chi connectivity index (χ1v) is 8.14. The van der Waals surface area contributed by atoms with E-state index in [2.05, 4.69) is 10.2 Å². The summed E-state index contributed by atoms with van der Waals surface area (Å²) in [7, 11) is 0. The van der Waals surface area contributed by atoms with Gasteiger partial charge in [0.15, 0.2) is 0 Å². The molecule has 0 atom stereocenters. The maximum absolute atomic E-state index is 13.1. The number of nitrogens with one attached hydrogen (secondary N) is 1. The maximum Gasteiger partial charge on any atom is 0.269 e. The predicted molar refractivity (Wildman–Crippen MR) is 94.7 cm³/mol. The zero-order valence-electron chi connectivity index (χ0n) is 13.7. The summed E-state index contributed by atoms with van der Waals surface area (Å²) in [6.45, 7) is 3.44. The second-order valence-electron chi connectivity index (χ2n) is 5.84. The zero-order chi connectivity index (χ0) is 17.6. The van der Waals surface area contributed by atoms with Crippen molar-refractivity contribution in [2.24, 2.45) is 4.99 Å². The van der Waals surface area contributed by atoms with E-state index in [-0.39, 0.29) is 11.5 Å². The first-order chi connectivity index (χ1) is 12.1. The number of halogens is 1. The third-order valence-electron chi connectivity index (χ3n) is 4.08. The van der Waals surface area contributed by atoms with Gasteiger partial charge in [-0.1, -0.05) is 12.1 Å². The van der Waals surface area contributed by atoms with Crippen LogP contribution in [0.3, 0.4) is 0 Å². The summed E-state index contributed by atoms with van der Waals surface area (Å²) in [5, 5.41) is 14.1. The quantitative estimate of drug-likeness (QED) is 0.401. The van der Waals surface area contributed by atoms with Gasteiger partial charge in [0.2, 0.25) is 0 Å². The smallest absolute Gasteiger partial charge is 0.269 e. The van der Waals surface area contributed by atoms with E-state index >= 15 is 0 Å². The first-order valence-electron chi connectivity index (χ1n) is 8.14. The predicted octanol–water partition coefficient (Wildman–Crippen LogP) is 2.91. The van der Waals surface area contributed by atoms with Crippen LogP contribution >= 0.6 is 0 Å². The molecule has 130 valence electrons. The van der Waals surface area contributed by atoms with Crippen LogP contribution in [0.4, 0.5) is 15.8 Å². The number of rotatable bonds is 4. The molecule has 0 amide bonds.